The number of methoxy groups -OCH3 is 1. The van der Waals surface area contributed by atoms with Crippen LogP contribution in [0.4, 0.5) is 0 Å². The summed E-state index contributed by atoms with van der Waals surface area (Å²) in [4.78, 5) is 0. The lowest BCUT2D eigenvalue weighted by molar-refractivity contribution is -0.252. The van der Waals surface area contributed by atoms with Gasteiger partial charge in [-0.15, -0.1) is 11.6 Å². The van der Waals surface area contributed by atoms with Crippen LogP contribution in [0.25, 0.3) is 0 Å². The van der Waals surface area contributed by atoms with Crippen molar-refractivity contribution in [1.29, 1.82) is 0 Å². The average Bonchev–Trinajstić information content (AvgIpc) is 2.08. The minimum Gasteiger partial charge on any atom is -0.389 e. The van der Waals surface area contributed by atoms with Crippen molar-refractivity contribution in [3.63, 3.8) is 0 Å². The first-order chi connectivity index (χ1) is 5.57. The Morgan fingerprint density at radius 1 is 1.33 bits per heavy atom. The van der Waals surface area contributed by atoms with Gasteiger partial charge in [-0.05, 0) is 6.92 Å². The predicted molar refractivity (Wildman–Crippen MR) is 43.0 cm³/mol. The number of aliphatic hydroxyl groups excluding tert-OH is 2. The van der Waals surface area contributed by atoms with Crippen molar-refractivity contribution < 1.29 is 19.7 Å². The number of rotatable bonds is 1. The second kappa shape index (κ2) is 3.89. The molecule has 0 aliphatic carbocycles. The van der Waals surface area contributed by atoms with Crippen LogP contribution in [0, 0.1) is 0 Å². The quantitative estimate of drug-likeness (QED) is 0.566. The molecule has 0 amide bonds. The minimum atomic E-state index is -1.08. The largest absolute Gasteiger partial charge is 0.389 e. The Labute approximate surface area is 76.0 Å². The first-order valence-corrected chi connectivity index (χ1v) is 4.20. The van der Waals surface area contributed by atoms with Crippen LogP contribution in [-0.2, 0) is 9.47 Å². The van der Waals surface area contributed by atoms with Crippen molar-refractivity contribution in [2.75, 3.05) is 7.11 Å². The molecule has 2 N–H and O–H groups in total. The second-order valence-corrected chi connectivity index (χ2v) is 3.37. The van der Waals surface area contributed by atoms with Crippen molar-refractivity contribution in [2.24, 2.45) is 0 Å². The van der Waals surface area contributed by atoms with Crippen molar-refractivity contribution in [3.05, 3.63) is 0 Å². The Morgan fingerprint density at radius 2 is 1.92 bits per heavy atom. The summed E-state index contributed by atoms with van der Waals surface area (Å²) in [6.45, 7) is 1.72. The molecule has 0 unspecified atom stereocenters. The molecule has 72 valence electrons. The van der Waals surface area contributed by atoms with Crippen molar-refractivity contribution in [1.82, 2.24) is 0 Å². The third-order valence-corrected chi connectivity index (χ3v) is 2.60. The van der Waals surface area contributed by atoms with Crippen molar-refractivity contribution in [3.8, 4) is 0 Å². The van der Waals surface area contributed by atoms with Crippen LogP contribution in [0.15, 0.2) is 0 Å². The fraction of sp³-hybridized carbons (Fsp3) is 1.00. The molecular formula is C7H13ClO4. The SMILES string of the molecule is CO[C@@H]1O[C@@H](C)[C@H](Cl)[C@@H](O)[C@@H]1O. The van der Waals surface area contributed by atoms with Gasteiger partial charge in [-0.1, -0.05) is 0 Å². The minimum absolute atomic E-state index is 0.324. The van der Waals surface area contributed by atoms with Gasteiger partial charge >= 0.3 is 0 Å². The van der Waals surface area contributed by atoms with E-state index in [-0.39, 0.29) is 6.10 Å². The van der Waals surface area contributed by atoms with E-state index in [9.17, 15) is 10.2 Å². The Balaban J connectivity index is 2.63. The number of aliphatic hydroxyl groups is 2. The highest BCUT2D eigenvalue weighted by Gasteiger charge is 2.41. The standard InChI is InChI=1S/C7H13ClO4/c1-3-4(8)5(9)6(10)7(11-2)12-3/h3-7,9-10H,1-2H3/t3-,4-,5+,6-,7+/m0/s1. The number of ether oxygens (including phenoxy) is 2. The summed E-state index contributed by atoms with van der Waals surface area (Å²) >= 11 is 5.74. The van der Waals surface area contributed by atoms with Gasteiger partial charge in [0.1, 0.15) is 12.2 Å². The highest BCUT2D eigenvalue weighted by Crippen LogP contribution is 2.24. The molecule has 0 bridgehead atoms. The van der Waals surface area contributed by atoms with Gasteiger partial charge in [0.2, 0.25) is 0 Å². The van der Waals surface area contributed by atoms with Crippen LogP contribution in [-0.4, -0.2) is 47.3 Å². The molecule has 1 saturated heterocycles. The van der Waals surface area contributed by atoms with E-state index < -0.39 is 23.9 Å². The van der Waals surface area contributed by atoms with Gasteiger partial charge in [-0.3, -0.25) is 0 Å². The lowest BCUT2D eigenvalue weighted by Gasteiger charge is -2.38. The topological polar surface area (TPSA) is 58.9 Å². The van der Waals surface area contributed by atoms with Crippen LogP contribution in [0.5, 0.6) is 0 Å². The summed E-state index contributed by atoms with van der Waals surface area (Å²) in [6.07, 6.45) is -3.19. The fourth-order valence-corrected chi connectivity index (χ4v) is 1.40. The summed E-state index contributed by atoms with van der Waals surface area (Å²) < 4.78 is 9.97. The van der Waals surface area contributed by atoms with Crippen LogP contribution in [0.1, 0.15) is 6.92 Å². The molecule has 1 heterocycles. The maximum absolute atomic E-state index is 9.38. The van der Waals surface area contributed by atoms with E-state index >= 15 is 0 Å². The molecular weight excluding hydrogens is 184 g/mol. The van der Waals surface area contributed by atoms with E-state index in [4.69, 9.17) is 21.1 Å². The molecule has 0 saturated carbocycles. The zero-order valence-electron chi connectivity index (χ0n) is 6.98. The molecule has 5 atom stereocenters. The maximum Gasteiger partial charge on any atom is 0.186 e. The third kappa shape index (κ3) is 1.72. The van der Waals surface area contributed by atoms with E-state index in [1.807, 2.05) is 0 Å². The molecule has 1 fully saturated rings. The van der Waals surface area contributed by atoms with Gasteiger partial charge in [0.05, 0.1) is 11.5 Å². The number of halogens is 1. The molecule has 0 aromatic heterocycles. The molecule has 0 radical (unpaired) electrons. The molecule has 0 aromatic rings. The molecule has 1 aliphatic heterocycles. The van der Waals surface area contributed by atoms with Crippen molar-refractivity contribution >= 4 is 11.6 Å². The van der Waals surface area contributed by atoms with Crippen LogP contribution in [0.2, 0.25) is 0 Å². The summed E-state index contributed by atoms with van der Waals surface area (Å²) in [5, 5.41) is 18.1. The zero-order valence-corrected chi connectivity index (χ0v) is 7.73. The molecule has 5 heteroatoms. The van der Waals surface area contributed by atoms with E-state index in [0.717, 1.165) is 0 Å². The van der Waals surface area contributed by atoms with Gasteiger partial charge in [0.25, 0.3) is 0 Å². The van der Waals surface area contributed by atoms with E-state index in [2.05, 4.69) is 0 Å². The summed E-state index contributed by atoms with van der Waals surface area (Å²) in [5.41, 5.74) is 0. The van der Waals surface area contributed by atoms with Gasteiger partial charge in [-0.25, -0.2) is 0 Å². The Hall–Kier alpha value is 0.130. The smallest absolute Gasteiger partial charge is 0.186 e. The highest BCUT2D eigenvalue weighted by molar-refractivity contribution is 6.21. The maximum atomic E-state index is 9.38. The first kappa shape index (κ1) is 10.2. The van der Waals surface area contributed by atoms with E-state index in [1.165, 1.54) is 7.11 Å². The third-order valence-electron chi connectivity index (χ3n) is 1.98. The number of hydrogen-bond acceptors (Lipinski definition) is 4. The van der Waals surface area contributed by atoms with Crippen molar-refractivity contribution in [2.45, 2.75) is 36.9 Å². The highest BCUT2D eigenvalue weighted by atomic mass is 35.5. The molecule has 12 heavy (non-hydrogen) atoms. The second-order valence-electron chi connectivity index (χ2n) is 2.87. The van der Waals surface area contributed by atoms with Crippen LogP contribution >= 0.6 is 11.6 Å². The molecule has 1 rings (SSSR count). The summed E-state index contributed by atoms with van der Waals surface area (Å²) in [6, 6.07) is 0. The zero-order chi connectivity index (χ0) is 9.30. The molecule has 0 aromatic carbocycles. The average molecular weight is 197 g/mol. The summed E-state index contributed by atoms with van der Waals surface area (Å²) in [5.74, 6) is 0. The molecule has 4 nitrogen and oxygen atoms in total. The number of hydrogen-bond donors (Lipinski definition) is 2. The van der Waals surface area contributed by atoms with E-state index in [1.54, 1.807) is 6.92 Å². The monoisotopic (exact) mass is 196 g/mol. The van der Waals surface area contributed by atoms with Crippen LogP contribution < -0.4 is 0 Å². The van der Waals surface area contributed by atoms with Crippen LogP contribution in [0.3, 0.4) is 0 Å². The van der Waals surface area contributed by atoms with Gasteiger partial charge < -0.3 is 19.7 Å². The normalized spacial score (nSPS) is 49.2. The Bertz CT molecular complexity index is 150. The predicted octanol–water partition coefficient (Wildman–Crippen LogP) is -0.293. The van der Waals surface area contributed by atoms with E-state index in [0.29, 0.717) is 0 Å². The number of alkyl halides is 1. The Kier molecular flexibility index (Phi) is 3.31. The lowest BCUT2D eigenvalue weighted by Crippen LogP contribution is -2.55. The summed E-state index contributed by atoms with van der Waals surface area (Å²) in [7, 11) is 1.40. The van der Waals surface area contributed by atoms with Gasteiger partial charge in [0.15, 0.2) is 6.29 Å². The first-order valence-electron chi connectivity index (χ1n) is 3.76. The molecule has 0 spiro atoms. The Morgan fingerprint density at radius 3 is 2.42 bits per heavy atom. The molecule has 1 aliphatic rings. The van der Waals surface area contributed by atoms with Gasteiger partial charge in [0, 0.05) is 7.11 Å². The lowest BCUT2D eigenvalue weighted by atomic mass is 10.0. The fourth-order valence-electron chi connectivity index (χ4n) is 1.19. The van der Waals surface area contributed by atoms with Gasteiger partial charge in [-0.2, -0.15) is 0 Å².